The Hall–Kier alpha value is -3.43. The number of aromatic amines is 1. The summed E-state index contributed by atoms with van der Waals surface area (Å²) in [6, 6.07) is 2.97. The van der Waals surface area contributed by atoms with Gasteiger partial charge < -0.3 is 20.5 Å². The van der Waals surface area contributed by atoms with Crippen molar-refractivity contribution in [1.82, 2.24) is 25.2 Å². The molecule has 10 heteroatoms. The zero-order valence-electron chi connectivity index (χ0n) is 14.4. The molecule has 3 rings (SSSR count). The number of carbonyl (C=O) groups excluding carboxylic acids is 1. The molecule has 0 radical (unpaired) electrons. The minimum Gasteiger partial charge on any atom is -0.501 e. The van der Waals surface area contributed by atoms with E-state index in [-0.39, 0.29) is 12.4 Å². The maximum atomic E-state index is 12.4. The van der Waals surface area contributed by atoms with Gasteiger partial charge in [-0.05, 0) is 37.0 Å². The van der Waals surface area contributed by atoms with E-state index >= 15 is 0 Å². The van der Waals surface area contributed by atoms with Crippen LogP contribution in [0.1, 0.15) is 40.8 Å². The number of aromatic hydroxyl groups is 1. The summed E-state index contributed by atoms with van der Waals surface area (Å²) in [4.78, 5) is 47.1. The second-order valence-corrected chi connectivity index (χ2v) is 6.14. The molecule has 10 nitrogen and oxygen atoms in total. The highest BCUT2D eigenvalue weighted by molar-refractivity contribution is 5.94. The molecule has 0 aromatic carbocycles. The van der Waals surface area contributed by atoms with Gasteiger partial charge in [0.1, 0.15) is 5.82 Å². The first-order valence-corrected chi connectivity index (χ1v) is 8.47. The third-order valence-electron chi connectivity index (χ3n) is 4.39. The molecule has 1 fully saturated rings. The van der Waals surface area contributed by atoms with Gasteiger partial charge in [0.15, 0.2) is 5.69 Å². The fraction of sp³-hybridized carbons (Fsp3) is 0.353. The summed E-state index contributed by atoms with van der Waals surface area (Å²) in [5.74, 6) is -1.44. The van der Waals surface area contributed by atoms with Gasteiger partial charge in [0.25, 0.3) is 11.5 Å². The molecular formula is C17H19N5O5. The van der Waals surface area contributed by atoms with Gasteiger partial charge in [0, 0.05) is 25.5 Å². The van der Waals surface area contributed by atoms with Crippen molar-refractivity contribution in [2.45, 2.75) is 25.3 Å². The maximum Gasteiger partial charge on any atom is 0.407 e. The van der Waals surface area contributed by atoms with Crippen LogP contribution >= 0.6 is 0 Å². The van der Waals surface area contributed by atoms with Crippen LogP contribution < -0.4 is 10.9 Å². The number of nitrogens with zero attached hydrogens (tertiary/aromatic N) is 3. The van der Waals surface area contributed by atoms with E-state index in [1.54, 1.807) is 12.4 Å². The lowest BCUT2D eigenvalue weighted by Crippen LogP contribution is -2.33. The lowest BCUT2D eigenvalue weighted by Gasteiger charge is -2.20. The number of carbonyl (C=O) groups is 2. The van der Waals surface area contributed by atoms with E-state index in [1.807, 2.05) is 12.1 Å². The van der Waals surface area contributed by atoms with Crippen LogP contribution in [0.4, 0.5) is 4.79 Å². The van der Waals surface area contributed by atoms with E-state index in [0.29, 0.717) is 25.8 Å². The van der Waals surface area contributed by atoms with E-state index in [2.05, 4.69) is 20.3 Å². The Kier molecular flexibility index (Phi) is 5.34. The fourth-order valence-corrected chi connectivity index (χ4v) is 3.03. The first-order chi connectivity index (χ1) is 13.0. The van der Waals surface area contributed by atoms with Gasteiger partial charge in [-0.1, -0.05) is 0 Å². The van der Waals surface area contributed by atoms with Crippen LogP contribution in [0.15, 0.2) is 29.3 Å². The van der Waals surface area contributed by atoms with Crippen LogP contribution in [0.25, 0.3) is 0 Å². The van der Waals surface area contributed by atoms with Crippen molar-refractivity contribution >= 4 is 12.0 Å². The van der Waals surface area contributed by atoms with E-state index in [1.165, 1.54) is 0 Å². The minimum atomic E-state index is -1.13. The summed E-state index contributed by atoms with van der Waals surface area (Å²) < 4.78 is 0. The van der Waals surface area contributed by atoms with Crippen LogP contribution in [0.2, 0.25) is 0 Å². The number of amides is 2. The summed E-state index contributed by atoms with van der Waals surface area (Å²) in [7, 11) is 0. The van der Waals surface area contributed by atoms with Crippen molar-refractivity contribution in [3.63, 3.8) is 0 Å². The Balaban J connectivity index is 1.76. The molecule has 1 aliphatic heterocycles. The predicted octanol–water partition coefficient (Wildman–Crippen LogP) is 0.658. The highest BCUT2D eigenvalue weighted by Crippen LogP contribution is 2.29. The fourth-order valence-electron chi connectivity index (χ4n) is 3.03. The number of likely N-dealkylation sites (tertiary alicyclic amines) is 1. The summed E-state index contributed by atoms with van der Waals surface area (Å²) >= 11 is 0. The Morgan fingerprint density at radius 2 is 2.07 bits per heavy atom. The number of H-pyrrole nitrogens is 1. The van der Waals surface area contributed by atoms with Crippen LogP contribution in [-0.2, 0) is 6.42 Å². The third kappa shape index (κ3) is 4.05. The van der Waals surface area contributed by atoms with Crippen LogP contribution in [0.5, 0.6) is 5.75 Å². The molecule has 0 saturated carbocycles. The summed E-state index contributed by atoms with van der Waals surface area (Å²) in [5.41, 5.74) is -0.325. The summed E-state index contributed by atoms with van der Waals surface area (Å²) in [6.45, 7) is 0.592. The average molecular weight is 373 g/mol. The van der Waals surface area contributed by atoms with Crippen molar-refractivity contribution < 1.29 is 19.8 Å². The smallest absolute Gasteiger partial charge is 0.407 e. The van der Waals surface area contributed by atoms with E-state index in [0.717, 1.165) is 10.5 Å². The largest absolute Gasteiger partial charge is 0.501 e. The third-order valence-corrected chi connectivity index (χ3v) is 4.39. The van der Waals surface area contributed by atoms with Crippen molar-refractivity contribution in [3.05, 3.63) is 52.0 Å². The lowest BCUT2D eigenvalue weighted by molar-refractivity contribution is 0.0945. The van der Waals surface area contributed by atoms with E-state index in [9.17, 15) is 24.6 Å². The quantitative estimate of drug-likeness (QED) is 0.601. The first kappa shape index (κ1) is 18.4. The molecule has 1 aliphatic rings. The van der Waals surface area contributed by atoms with Gasteiger partial charge in [-0.25, -0.2) is 9.78 Å². The zero-order valence-corrected chi connectivity index (χ0v) is 14.4. The van der Waals surface area contributed by atoms with Crippen LogP contribution in [0.3, 0.4) is 0 Å². The number of rotatable bonds is 5. The SMILES string of the molecule is O=C(NCCc1ccncc1)c1nc([C@@H]2CCCN2C(=O)O)[nH]c(=O)c1O. The predicted molar refractivity (Wildman–Crippen MR) is 93.5 cm³/mol. The van der Waals surface area contributed by atoms with Crippen LogP contribution in [-0.4, -0.2) is 55.2 Å². The number of hydrogen-bond donors (Lipinski definition) is 4. The highest BCUT2D eigenvalue weighted by Gasteiger charge is 2.33. The Labute approximate surface area is 153 Å². The molecule has 0 bridgehead atoms. The van der Waals surface area contributed by atoms with Crippen molar-refractivity contribution in [3.8, 4) is 5.75 Å². The van der Waals surface area contributed by atoms with Gasteiger partial charge in [-0.2, -0.15) is 0 Å². The molecule has 2 aromatic heterocycles. The van der Waals surface area contributed by atoms with Gasteiger partial charge in [0.05, 0.1) is 6.04 Å². The van der Waals surface area contributed by atoms with E-state index < -0.39 is 35.0 Å². The molecule has 2 aromatic rings. The molecule has 1 atom stereocenters. The second-order valence-electron chi connectivity index (χ2n) is 6.14. The van der Waals surface area contributed by atoms with Gasteiger partial charge >= 0.3 is 6.09 Å². The molecule has 0 aliphatic carbocycles. The average Bonchev–Trinajstić information content (AvgIpc) is 3.15. The number of aromatic nitrogens is 3. The van der Waals surface area contributed by atoms with E-state index in [4.69, 9.17) is 0 Å². The monoisotopic (exact) mass is 373 g/mol. The van der Waals surface area contributed by atoms with Crippen molar-refractivity contribution in [2.75, 3.05) is 13.1 Å². The summed E-state index contributed by atoms with van der Waals surface area (Å²) in [5, 5.41) is 21.8. The highest BCUT2D eigenvalue weighted by atomic mass is 16.4. The Morgan fingerprint density at radius 1 is 1.33 bits per heavy atom. The molecule has 0 spiro atoms. The molecule has 4 N–H and O–H groups in total. The topological polar surface area (TPSA) is 149 Å². The molecule has 0 unspecified atom stereocenters. The Bertz CT molecular complexity index is 898. The lowest BCUT2D eigenvalue weighted by atomic mass is 10.2. The molecular weight excluding hydrogens is 354 g/mol. The Morgan fingerprint density at radius 3 is 2.78 bits per heavy atom. The number of nitrogens with one attached hydrogen (secondary N) is 2. The standard InChI is InChI=1S/C17H19N5O5/c23-13-12(15(24)19-8-5-10-3-6-18-7-4-10)20-14(21-16(13)25)11-2-1-9-22(11)17(26)27/h3-4,6-7,11,23H,1-2,5,8-9H2,(H,19,24)(H,26,27)(H,20,21,25)/t11-/m0/s1. The normalized spacial score (nSPS) is 16.3. The van der Waals surface area contributed by atoms with Crippen molar-refractivity contribution in [2.24, 2.45) is 0 Å². The number of pyridine rings is 1. The molecule has 142 valence electrons. The van der Waals surface area contributed by atoms with Gasteiger partial charge in [-0.15, -0.1) is 0 Å². The molecule has 1 saturated heterocycles. The van der Waals surface area contributed by atoms with Gasteiger partial charge in [0.2, 0.25) is 5.75 Å². The van der Waals surface area contributed by atoms with Gasteiger partial charge in [-0.3, -0.25) is 19.5 Å². The number of carboxylic acid groups (broad SMARTS) is 1. The zero-order chi connectivity index (χ0) is 19.4. The number of hydrogen-bond acceptors (Lipinski definition) is 6. The summed E-state index contributed by atoms with van der Waals surface area (Å²) in [6.07, 6.45) is 3.79. The first-order valence-electron chi connectivity index (χ1n) is 8.47. The maximum absolute atomic E-state index is 12.4. The van der Waals surface area contributed by atoms with Crippen molar-refractivity contribution in [1.29, 1.82) is 0 Å². The van der Waals surface area contributed by atoms with Crippen LogP contribution in [0, 0.1) is 0 Å². The second kappa shape index (κ2) is 7.85. The molecule has 27 heavy (non-hydrogen) atoms. The minimum absolute atomic E-state index is 0.0528. The molecule has 3 heterocycles. The molecule has 2 amide bonds.